The van der Waals surface area contributed by atoms with Gasteiger partial charge in [-0.1, -0.05) is 6.42 Å². The average Bonchev–Trinajstić information content (AvgIpc) is 3.10. The molecule has 0 saturated heterocycles. The molecule has 126 valence electrons. The van der Waals surface area contributed by atoms with Gasteiger partial charge in [0.05, 0.1) is 5.56 Å². The van der Waals surface area contributed by atoms with Crippen molar-refractivity contribution in [2.24, 2.45) is 5.92 Å². The van der Waals surface area contributed by atoms with Crippen LogP contribution in [0.5, 0.6) is 0 Å². The molecule has 6 heteroatoms. The molecule has 2 rings (SSSR count). The molecule has 1 aliphatic rings. The van der Waals surface area contributed by atoms with Gasteiger partial charge in [-0.05, 0) is 45.6 Å². The maximum absolute atomic E-state index is 11.8. The molecule has 23 heavy (non-hydrogen) atoms. The van der Waals surface area contributed by atoms with E-state index in [1.807, 2.05) is 32.2 Å². The molecular formula is C17H25N3O2S. The summed E-state index contributed by atoms with van der Waals surface area (Å²) in [5, 5.41) is 17.2. The van der Waals surface area contributed by atoms with Crippen LogP contribution in [0.15, 0.2) is 11.4 Å². The highest BCUT2D eigenvalue weighted by Crippen LogP contribution is 2.26. The zero-order chi connectivity index (χ0) is 16.9. The highest BCUT2D eigenvalue weighted by Gasteiger charge is 2.27. The summed E-state index contributed by atoms with van der Waals surface area (Å²) < 4.78 is 5.28. The van der Waals surface area contributed by atoms with Crippen molar-refractivity contribution in [1.82, 2.24) is 10.6 Å². The molecule has 0 aromatic carbocycles. The Morgan fingerprint density at radius 1 is 1.48 bits per heavy atom. The van der Waals surface area contributed by atoms with Gasteiger partial charge in [-0.25, -0.2) is 4.79 Å². The number of nitrogens with zero attached hydrogens (tertiary/aromatic N) is 1. The van der Waals surface area contributed by atoms with E-state index < -0.39 is 5.60 Å². The maximum Gasteiger partial charge on any atom is 0.407 e. The number of hydrogen-bond donors (Lipinski definition) is 2. The molecule has 1 heterocycles. The average molecular weight is 335 g/mol. The summed E-state index contributed by atoms with van der Waals surface area (Å²) in [6.45, 7) is 7.01. The van der Waals surface area contributed by atoms with Gasteiger partial charge < -0.3 is 15.4 Å². The second kappa shape index (κ2) is 7.80. The normalized spacial score (nSPS) is 21.0. The van der Waals surface area contributed by atoms with E-state index in [-0.39, 0.29) is 6.09 Å². The Labute approximate surface area is 142 Å². The quantitative estimate of drug-likeness (QED) is 0.865. The molecule has 5 nitrogen and oxygen atoms in total. The number of carbonyl (C=O) groups is 1. The fraction of sp³-hybridized carbons (Fsp3) is 0.647. The van der Waals surface area contributed by atoms with Crippen LogP contribution in [0.2, 0.25) is 0 Å². The van der Waals surface area contributed by atoms with Crippen LogP contribution in [0, 0.1) is 17.2 Å². The van der Waals surface area contributed by atoms with E-state index in [9.17, 15) is 4.79 Å². The first-order valence-electron chi connectivity index (χ1n) is 8.05. The number of rotatable bonds is 5. The zero-order valence-electron chi connectivity index (χ0n) is 14.0. The largest absolute Gasteiger partial charge is 0.444 e. The van der Waals surface area contributed by atoms with E-state index in [1.54, 1.807) is 11.3 Å². The molecule has 0 bridgehead atoms. The summed E-state index contributed by atoms with van der Waals surface area (Å²) in [6.07, 6.45) is 3.06. The summed E-state index contributed by atoms with van der Waals surface area (Å²) in [5.74, 6) is 0.429. The van der Waals surface area contributed by atoms with Gasteiger partial charge in [0.25, 0.3) is 0 Å². The molecule has 0 aliphatic heterocycles. The monoisotopic (exact) mass is 335 g/mol. The summed E-state index contributed by atoms with van der Waals surface area (Å²) >= 11 is 1.61. The molecule has 2 unspecified atom stereocenters. The minimum atomic E-state index is -0.463. The van der Waals surface area contributed by atoms with E-state index in [4.69, 9.17) is 10.00 Å². The number of hydrogen-bond acceptors (Lipinski definition) is 5. The summed E-state index contributed by atoms with van der Waals surface area (Å²) in [4.78, 5) is 12.9. The zero-order valence-corrected chi connectivity index (χ0v) is 14.8. The Morgan fingerprint density at radius 3 is 2.91 bits per heavy atom. The molecule has 2 N–H and O–H groups in total. The van der Waals surface area contributed by atoms with Crippen LogP contribution in [0.25, 0.3) is 0 Å². The van der Waals surface area contributed by atoms with E-state index in [0.717, 1.165) is 24.9 Å². The second-order valence-electron chi connectivity index (χ2n) is 6.97. The van der Waals surface area contributed by atoms with Crippen LogP contribution in [0.4, 0.5) is 4.79 Å². The predicted octanol–water partition coefficient (Wildman–Crippen LogP) is 3.40. The molecule has 0 spiro atoms. The molecule has 2 atom stereocenters. The van der Waals surface area contributed by atoms with Crippen molar-refractivity contribution in [2.75, 3.05) is 6.54 Å². The lowest BCUT2D eigenvalue weighted by molar-refractivity contribution is 0.0517. The van der Waals surface area contributed by atoms with Crippen molar-refractivity contribution in [3.63, 3.8) is 0 Å². The van der Waals surface area contributed by atoms with Crippen LogP contribution < -0.4 is 10.6 Å². The van der Waals surface area contributed by atoms with Crippen LogP contribution in [-0.2, 0) is 11.3 Å². The van der Waals surface area contributed by atoms with Gasteiger partial charge in [0.15, 0.2) is 0 Å². The van der Waals surface area contributed by atoms with Gasteiger partial charge in [-0.3, -0.25) is 0 Å². The predicted molar refractivity (Wildman–Crippen MR) is 91.2 cm³/mol. The molecule has 1 aromatic rings. The molecule has 1 amide bonds. The first kappa shape index (κ1) is 17.8. The fourth-order valence-corrected chi connectivity index (χ4v) is 3.60. The topological polar surface area (TPSA) is 74.2 Å². The molecule has 1 aromatic heterocycles. The molecular weight excluding hydrogens is 310 g/mol. The maximum atomic E-state index is 11.8. The Kier molecular flexibility index (Phi) is 6.03. The summed E-state index contributed by atoms with van der Waals surface area (Å²) in [7, 11) is 0. The van der Waals surface area contributed by atoms with Crippen LogP contribution in [-0.4, -0.2) is 24.3 Å². The Hall–Kier alpha value is -1.58. The Balaban J connectivity index is 1.76. The first-order valence-corrected chi connectivity index (χ1v) is 8.93. The van der Waals surface area contributed by atoms with Gasteiger partial charge in [-0.2, -0.15) is 5.26 Å². The number of carbonyl (C=O) groups excluding carboxylic acids is 1. The molecule has 1 fully saturated rings. The Morgan fingerprint density at radius 2 is 2.26 bits per heavy atom. The van der Waals surface area contributed by atoms with Gasteiger partial charge in [-0.15, -0.1) is 11.3 Å². The number of ether oxygens (including phenoxy) is 1. The summed E-state index contributed by atoms with van der Waals surface area (Å²) in [6, 6.07) is 4.49. The van der Waals surface area contributed by atoms with Crippen molar-refractivity contribution in [1.29, 1.82) is 5.26 Å². The number of nitrogens with one attached hydrogen (secondary N) is 2. The van der Waals surface area contributed by atoms with Crippen molar-refractivity contribution in [3.05, 3.63) is 21.9 Å². The van der Waals surface area contributed by atoms with Crippen molar-refractivity contribution < 1.29 is 9.53 Å². The third kappa shape index (κ3) is 5.85. The minimum absolute atomic E-state index is 0.347. The number of alkyl carbamates (subject to hydrolysis) is 1. The van der Waals surface area contributed by atoms with Gasteiger partial charge in [0.1, 0.15) is 11.7 Å². The molecule has 1 aliphatic carbocycles. The highest BCUT2D eigenvalue weighted by atomic mass is 32.1. The third-order valence-electron chi connectivity index (χ3n) is 3.89. The number of nitriles is 1. The lowest BCUT2D eigenvalue weighted by Gasteiger charge is -2.23. The van der Waals surface area contributed by atoms with Gasteiger partial charge in [0, 0.05) is 29.4 Å². The summed E-state index contributed by atoms with van der Waals surface area (Å²) in [5.41, 5.74) is 0.260. The lowest BCUT2D eigenvalue weighted by Crippen LogP contribution is -2.40. The standard InChI is InChI=1S/C17H25N3O2S/c1-17(2,3)22-16(21)20-9-13-5-4-6-15(13)19-10-14-7-12(8-18)11-23-14/h7,11,13,15,19H,4-6,9-10H2,1-3H3,(H,20,21). The second-order valence-corrected chi connectivity index (χ2v) is 7.97. The van der Waals surface area contributed by atoms with Crippen molar-refractivity contribution in [2.45, 2.75) is 58.2 Å². The highest BCUT2D eigenvalue weighted by molar-refractivity contribution is 7.10. The van der Waals surface area contributed by atoms with E-state index in [1.165, 1.54) is 11.3 Å². The van der Waals surface area contributed by atoms with E-state index in [0.29, 0.717) is 18.5 Å². The van der Waals surface area contributed by atoms with Crippen molar-refractivity contribution in [3.8, 4) is 6.07 Å². The third-order valence-corrected chi connectivity index (χ3v) is 4.82. The number of thiophene rings is 1. The van der Waals surface area contributed by atoms with Gasteiger partial charge >= 0.3 is 6.09 Å². The van der Waals surface area contributed by atoms with Crippen LogP contribution in [0.1, 0.15) is 50.5 Å². The van der Waals surface area contributed by atoms with E-state index in [2.05, 4.69) is 16.7 Å². The number of amides is 1. The smallest absolute Gasteiger partial charge is 0.407 e. The van der Waals surface area contributed by atoms with E-state index >= 15 is 0 Å². The molecule has 0 radical (unpaired) electrons. The minimum Gasteiger partial charge on any atom is -0.444 e. The molecule has 1 saturated carbocycles. The first-order chi connectivity index (χ1) is 10.9. The van der Waals surface area contributed by atoms with Crippen molar-refractivity contribution >= 4 is 17.4 Å². The SMILES string of the molecule is CC(C)(C)OC(=O)NCC1CCCC1NCc1cc(C#N)cs1. The lowest BCUT2D eigenvalue weighted by atomic mass is 10.0. The fourth-order valence-electron chi connectivity index (χ4n) is 2.84. The van der Waals surface area contributed by atoms with Gasteiger partial charge in [0.2, 0.25) is 0 Å². The van der Waals surface area contributed by atoms with Crippen LogP contribution >= 0.6 is 11.3 Å². The Bertz CT molecular complexity index is 571. The van der Waals surface area contributed by atoms with Crippen LogP contribution in [0.3, 0.4) is 0 Å².